The zero-order chi connectivity index (χ0) is 17.9. The molecule has 2 aromatic rings. The third kappa shape index (κ3) is 3.81. The molecule has 0 radical (unpaired) electrons. The first-order chi connectivity index (χ1) is 12.7. The van der Waals surface area contributed by atoms with E-state index in [0.29, 0.717) is 6.04 Å². The fourth-order valence-electron chi connectivity index (χ4n) is 3.72. The highest BCUT2D eigenvalue weighted by Crippen LogP contribution is 2.22. The summed E-state index contributed by atoms with van der Waals surface area (Å²) in [5.41, 5.74) is 1.27. The third-order valence-electron chi connectivity index (χ3n) is 5.24. The Balaban J connectivity index is 1.39. The molecule has 1 atom stereocenters. The van der Waals surface area contributed by atoms with Crippen molar-refractivity contribution in [1.29, 1.82) is 0 Å². The Labute approximate surface area is 154 Å². The van der Waals surface area contributed by atoms with E-state index in [4.69, 9.17) is 9.72 Å². The molecule has 0 saturated carbocycles. The van der Waals surface area contributed by atoms with Gasteiger partial charge in [0.2, 0.25) is 5.95 Å². The molecule has 0 aliphatic carbocycles. The van der Waals surface area contributed by atoms with Gasteiger partial charge in [0, 0.05) is 70.8 Å². The van der Waals surface area contributed by atoms with Gasteiger partial charge in [0.15, 0.2) is 0 Å². The van der Waals surface area contributed by atoms with Gasteiger partial charge in [-0.25, -0.2) is 4.98 Å². The van der Waals surface area contributed by atoms with Gasteiger partial charge in [-0.3, -0.25) is 9.58 Å². The van der Waals surface area contributed by atoms with E-state index in [1.807, 2.05) is 30.2 Å². The predicted molar refractivity (Wildman–Crippen MR) is 100 cm³/mol. The minimum Gasteiger partial charge on any atom is -0.378 e. The normalized spacial score (nSPS) is 21.3. The average molecular weight is 357 g/mol. The predicted octanol–water partition coefficient (Wildman–Crippen LogP) is 0.757. The van der Waals surface area contributed by atoms with Gasteiger partial charge in [-0.05, 0) is 12.5 Å². The van der Waals surface area contributed by atoms with E-state index < -0.39 is 0 Å². The molecule has 4 rings (SSSR count). The van der Waals surface area contributed by atoms with Crippen LogP contribution in [-0.4, -0.2) is 77.1 Å². The van der Waals surface area contributed by atoms with Crippen LogP contribution in [0, 0.1) is 0 Å². The molecule has 2 fully saturated rings. The van der Waals surface area contributed by atoms with E-state index in [9.17, 15) is 0 Å². The number of morpholine rings is 1. The van der Waals surface area contributed by atoms with Gasteiger partial charge in [0.05, 0.1) is 19.4 Å². The maximum Gasteiger partial charge on any atom is 0.227 e. The maximum atomic E-state index is 5.42. The first-order valence-electron chi connectivity index (χ1n) is 9.27. The highest BCUT2D eigenvalue weighted by atomic mass is 16.5. The fourth-order valence-corrected chi connectivity index (χ4v) is 3.72. The summed E-state index contributed by atoms with van der Waals surface area (Å²) in [7, 11) is 4.11. The van der Waals surface area contributed by atoms with Gasteiger partial charge in [0.1, 0.15) is 5.82 Å². The summed E-state index contributed by atoms with van der Waals surface area (Å²) in [5, 5.41) is 4.26. The number of aromatic nitrogens is 4. The van der Waals surface area contributed by atoms with E-state index in [0.717, 1.165) is 64.1 Å². The highest BCUT2D eigenvalue weighted by Gasteiger charge is 2.27. The summed E-state index contributed by atoms with van der Waals surface area (Å²) >= 11 is 0. The monoisotopic (exact) mass is 357 g/mol. The van der Waals surface area contributed by atoms with Crippen LogP contribution < -0.4 is 9.80 Å². The van der Waals surface area contributed by atoms with Crippen molar-refractivity contribution in [2.45, 2.75) is 19.0 Å². The smallest absolute Gasteiger partial charge is 0.227 e. The molecule has 0 spiro atoms. The molecule has 2 aliphatic heterocycles. The van der Waals surface area contributed by atoms with Crippen LogP contribution in [0.3, 0.4) is 0 Å². The van der Waals surface area contributed by atoms with Crippen molar-refractivity contribution in [2.24, 2.45) is 7.05 Å². The summed E-state index contributed by atoms with van der Waals surface area (Å²) < 4.78 is 7.29. The second-order valence-electron chi connectivity index (χ2n) is 7.13. The van der Waals surface area contributed by atoms with Crippen molar-refractivity contribution in [1.82, 2.24) is 24.6 Å². The van der Waals surface area contributed by atoms with E-state index in [1.54, 1.807) is 0 Å². The molecule has 4 heterocycles. The third-order valence-corrected chi connectivity index (χ3v) is 5.24. The molecule has 0 bridgehead atoms. The van der Waals surface area contributed by atoms with Crippen LogP contribution in [0.2, 0.25) is 0 Å². The number of hydrogen-bond acceptors (Lipinski definition) is 7. The Hall–Kier alpha value is -2.19. The van der Waals surface area contributed by atoms with Crippen LogP contribution >= 0.6 is 0 Å². The highest BCUT2D eigenvalue weighted by molar-refractivity contribution is 5.44. The van der Waals surface area contributed by atoms with Crippen LogP contribution in [0.4, 0.5) is 11.8 Å². The number of rotatable bonds is 5. The Morgan fingerprint density at radius 3 is 2.88 bits per heavy atom. The van der Waals surface area contributed by atoms with Crippen molar-refractivity contribution < 1.29 is 4.74 Å². The summed E-state index contributed by atoms with van der Waals surface area (Å²) in [6.45, 7) is 6.31. The molecular weight excluding hydrogens is 330 g/mol. The minimum absolute atomic E-state index is 0.471. The molecule has 8 nitrogen and oxygen atoms in total. The number of likely N-dealkylation sites (N-methyl/N-ethyl adjacent to an activating group) is 1. The molecule has 8 heteroatoms. The van der Waals surface area contributed by atoms with Crippen LogP contribution in [0.15, 0.2) is 24.7 Å². The molecule has 2 aliphatic rings. The molecule has 0 aromatic carbocycles. The minimum atomic E-state index is 0.471. The van der Waals surface area contributed by atoms with Crippen LogP contribution in [0.25, 0.3) is 0 Å². The first kappa shape index (κ1) is 17.2. The van der Waals surface area contributed by atoms with Gasteiger partial charge < -0.3 is 14.5 Å². The molecule has 140 valence electrons. The zero-order valence-corrected chi connectivity index (χ0v) is 15.6. The molecule has 2 aromatic heterocycles. The van der Waals surface area contributed by atoms with E-state index >= 15 is 0 Å². The summed E-state index contributed by atoms with van der Waals surface area (Å²) in [6, 6.07) is 2.48. The molecule has 1 unspecified atom stereocenters. The number of likely N-dealkylation sites (tertiary alicyclic amines) is 1. The van der Waals surface area contributed by atoms with Crippen LogP contribution in [0.1, 0.15) is 12.0 Å². The van der Waals surface area contributed by atoms with Crippen molar-refractivity contribution >= 4 is 11.8 Å². The lowest BCUT2D eigenvalue weighted by atomic mass is 10.2. The molecule has 2 saturated heterocycles. The van der Waals surface area contributed by atoms with Gasteiger partial charge in [-0.15, -0.1) is 0 Å². The van der Waals surface area contributed by atoms with E-state index in [-0.39, 0.29) is 0 Å². The van der Waals surface area contributed by atoms with Crippen molar-refractivity contribution in [3.8, 4) is 0 Å². The molecule has 0 amide bonds. The van der Waals surface area contributed by atoms with Gasteiger partial charge >= 0.3 is 0 Å². The first-order valence-corrected chi connectivity index (χ1v) is 9.27. The Morgan fingerprint density at radius 1 is 1.27 bits per heavy atom. The topological polar surface area (TPSA) is 62.6 Å². The second kappa shape index (κ2) is 7.59. The molecule has 0 N–H and O–H groups in total. The van der Waals surface area contributed by atoms with Gasteiger partial charge in [-0.2, -0.15) is 10.1 Å². The lowest BCUT2D eigenvalue weighted by molar-refractivity contribution is 0.122. The lowest BCUT2D eigenvalue weighted by Crippen LogP contribution is -2.38. The number of hydrogen-bond donors (Lipinski definition) is 0. The second-order valence-corrected chi connectivity index (χ2v) is 7.13. The Kier molecular flexibility index (Phi) is 5.03. The van der Waals surface area contributed by atoms with Crippen molar-refractivity contribution in [2.75, 3.05) is 56.2 Å². The number of ether oxygens (including phenoxy) is 1. The van der Waals surface area contributed by atoms with Crippen molar-refractivity contribution in [3.63, 3.8) is 0 Å². The lowest BCUT2D eigenvalue weighted by Gasteiger charge is -2.29. The van der Waals surface area contributed by atoms with Gasteiger partial charge in [-0.1, -0.05) is 0 Å². The Morgan fingerprint density at radius 2 is 2.12 bits per heavy atom. The molecule has 26 heavy (non-hydrogen) atoms. The van der Waals surface area contributed by atoms with Gasteiger partial charge in [0.25, 0.3) is 0 Å². The molecular formula is C18H27N7O. The number of anilines is 2. The largest absolute Gasteiger partial charge is 0.378 e. The maximum absolute atomic E-state index is 5.42. The standard InChI is InChI=1S/C18H27N7O/c1-22-12-15(11-20-22)13-24-6-4-16(14-24)23(2)17-3-5-19-18(21-17)25-7-9-26-10-8-25/h3,5,11-12,16H,4,6-10,13-14H2,1-2H3. The Bertz CT molecular complexity index is 728. The summed E-state index contributed by atoms with van der Waals surface area (Å²) in [6.07, 6.45) is 7.06. The number of nitrogens with zero attached hydrogens (tertiary/aromatic N) is 7. The van der Waals surface area contributed by atoms with Crippen molar-refractivity contribution in [3.05, 3.63) is 30.2 Å². The van der Waals surface area contributed by atoms with Crippen LogP contribution in [-0.2, 0) is 18.3 Å². The quantitative estimate of drug-likeness (QED) is 0.783. The zero-order valence-electron chi connectivity index (χ0n) is 15.6. The number of aryl methyl sites for hydroxylation is 1. The summed E-state index contributed by atoms with van der Waals surface area (Å²) in [4.78, 5) is 16.3. The van der Waals surface area contributed by atoms with Crippen LogP contribution in [0.5, 0.6) is 0 Å². The summed E-state index contributed by atoms with van der Waals surface area (Å²) in [5.74, 6) is 1.80. The van der Waals surface area contributed by atoms with E-state index in [2.05, 4.69) is 38.0 Å². The average Bonchev–Trinajstić information content (AvgIpc) is 3.31. The SMILES string of the molecule is CN(c1ccnc(N2CCOCC2)n1)C1CCN(Cc2cnn(C)c2)C1. The fraction of sp³-hybridized carbons (Fsp3) is 0.611. The van der Waals surface area contributed by atoms with E-state index in [1.165, 1.54) is 5.56 Å².